The molecule has 0 aliphatic heterocycles. The van der Waals surface area contributed by atoms with E-state index >= 15 is 0 Å². The quantitative estimate of drug-likeness (QED) is 0.557. The summed E-state index contributed by atoms with van der Waals surface area (Å²) < 4.78 is 0. The van der Waals surface area contributed by atoms with Crippen LogP contribution in [-0.2, 0) is 0 Å². The molecule has 1 saturated carbocycles. The van der Waals surface area contributed by atoms with Gasteiger partial charge in [0.25, 0.3) is 0 Å². The summed E-state index contributed by atoms with van der Waals surface area (Å²) >= 11 is 0. The van der Waals surface area contributed by atoms with E-state index in [1.807, 2.05) is 13.0 Å². The molecular weight excluding hydrogens is 112 g/mol. The summed E-state index contributed by atoms with van der Waals surface area (Å²) in [5.41, 5.74) is 0.244. The molecule has 1 aliphatic rings. The molecule has 3 unspecified atom stereocenters. The maximum atomic E-state index is 9.11. The fraction of sp³-hybridized carbons (Fsp3) is 0.750. The van der Waals surface area contributed by atoms with E-state index in [4.69, 9.17) is 5.11 Å². The Morgan fingerprint density at radius 1 is 1.89 bits per heavy atom. The maximum absolute atomic E-state index is 9.11. The Labute approximate surface area is 56.4 Å². The van der Waals surface area contributed by atoms with Crippen LogP contribution in [0.5, 0.6) is 0 Å². The van der Waals surface area contributed by atoms with Crippen LogP contribution in [0.2, 0.25) is 0 Å². The van der Waals surface area contributed by atoms with Crippen LogP contribution < -0.4 is 0 Å². The van der Waals surface area contributed by atoms with Crippen LogP contribution in [0.1, 0.15) is 20.3 Å². The highest BCUT2D eigenvalue weighted by Gasteiger charge is 2.49. The van der Waals surface area contributed by atoms with E-state index < -0.39 is 0 Å². The van der Waals surface area contributed by atoms with Gasteiger partial charge in [0, 0.05) is 0 Å². The van der Waals surface area contributed by atoms with Gasteiger partial charge in [0.15, 0.2) is 0 Å². The summed E-state index contributed by atoms with van der Waals surface area (Å²) in [6, 6.07) is 0. The lowest BCUT2D eigenvalue weighted by atomic mass is 10.1. The van der Waals surface area contributed by atoms with Crippen molar-refractivity contribution < 1.29 is 5.11 Å². The summed E-state index contributed by atoms with van der Waals surface area (Å²) in [6.45, 7) is 7.70. The monoisotopic (exact) mass is 126 g/mol. The predicted octanol–water partition coefficient (Wildman–Crippen LogP) is 1.58. The number of aliphatic hydroxyl groups excluding tert-OH is 1. The van der Waals surface area contributed by atoms with E-state index in [0.717, 1.165) is 6.42 Å². The summed E-state index contributed by atoms with van der Waals surface area (Å²) in [7, 11) is 0. The van der Waals surface area contributed by atoms with Gasteiger partial charge in [0.2, 0.25) is 0 Å². The highest BCUT2D eigenvalue weighted by atomic mass is 16.3. The van der Waals surface area contributed by atoms with Crippen LogP contribution in [0.15, 0.2) is 12.7 Å². The van der Waals surface area contributed by atoms with Crippen LogP contribution in [0.25, 0.3) is 0 Å². The second-order valence-corrected chi connectivity index (χ2v) is 3.26. The van der Waals surface area contributed by atoms with Crippen LogP contribution in [-0.4, -0.2) is 11.2 Å². The fourth-order valence-corrected chi connectivity index (χ4v) is 1.37. The second kappa shape index (κ2) is 1.84. The van der Waals surface area contributed by atoms with Crippen molar-refractivity contribution in [3.05, 3.63) is 12.7 Å². The molecule has 52 valence electrons. The first-order valence-corrected chi connectivity index (χ1v) is 3.42. The van der Waals surface area contributed by atoms with E-state index in [9.17, 15) is 0 Å². The van der Waals surface area contributed by atoms with Gasteiger partial charge in [0.1, 0.15) is 0 Å². The van der Waals surface area contributed by atoms with E-state index in [2.05, 4.69) is 13.5 Å². The smallest absolute Gasteiger partial charge is 0.0548 e. The molecule has 1 fully saturated rings. The van der Waals surface area contributed by atoms with E-state index in [1.54, 1.807) is 0 Å². The largest absolute Gasteiger partial charge is 0.393 e. The van der Waals surface area contributed by atoms with Crippen molar-refractivity contribution in [3.8, 4) is 0 Å². The fourth-order valence-electron chi connectivity index (χ4n) is 1.37. The molecule has 1 rings (SSSR count). The van der Waals surface area contributed by atoms with Gasteiger partial charge in [-0.1, -0.05) is 13.0 Å². The van der Waals surface area contributed by atoms with Gasteiger partial charge in [0.05, 0.1) is 6.10 Å². The minimum Gasteiger partial charge on any atom is -0.393 e. The van der Waals surface area contributed by atoms with E-state index in [-0.39, 0.29) is 11.5 Å². The summed E-state index contributed by atoms with van der Waals surface area (Å²) in [5, 5.41) is 9.11. The Kier molecular flexibility index (Phi) is 1.39. The van der Waals surface area contributed by atoms with Gasteiger partial charge >= 0.3 is 0 Å². The number of hydrogen-bond acceptors (Lipinski definition) is 1. The summed E-state index contributed by atoms with van der Waals surface area (Å²) in [5.74, 6) is 0.468. The van der Waals surface area contributed by atoms with Crippen molar-refractivity contribution in [3.63, 3.8) is 0 Å². The van der Waals surface area contributed by atoms with Gasteiger partial charge in [-0.25, -0.2) is 0 Å². The van der Waals surface area contributed by atoms with Gasteiger partial charge in [-0.15, -0.1) is 6.58 Å². The molecule has 0 aromatic carbocycles. The zero-order valence-corrected chi connectivity index (χ0v) is 6.09. The maximum Gasteiger partial charge on any atom is 0.0548 e. The normalized spacial score (nSPS) is 44.1. The topological polar surface area (TPSA) is 20.2 Å². The molecule has 0 radical (unpaired) electrons. The highest BCUT2D eigenvalue weighted by Crippen LogP contribution is 2.54. The molecule has 1 heteroatoms. The van der Waals surface area contributed by atoms with Crippen LogP contribution in [0.3, 0.4) is 0 Å². The standard InChI is InChI=1S/C8H14O/c1-4-8(3)5-7(8)6(2)9/h4,6-7,9H,1,5H2,2-3H3. The molecular formula is C8H14O. The average Bonchev–Trinajstić information content (AvgIpc) is 2.44. The molecule has 0 aromatic rings. The first-order chi connectivity index (χ1) is 4.10. The van der Waals surface area contributed by atoms with Crippen molar-refractivity contribution in [2.45, 2.75) is 26.4 Å². The SMILES string of the molecule is C=CC1(C)CC1C(C)O. The van der Waals surface area contributed by atoms with E-state index in [0.29, 0.717) is 5.92 Å². The Hall–Kier alpha value is -0.300. The number of hydrogen-bond donors (Lipinski definition) is 1. The van der Waals surface area contributed by atoms with Crippen molar-refractivity contribution in [1.29, 1.82) is 0 Å². The van der Waals surface area contributed by atoms with Crippen LogP contribution in [0, 0.1) is 11.3 Å². The predicted molar refractivity (Wildman–Crippen MR) is 38.1 cm³/mol. The molecule has 0 amide bonds. The lowest BCUT2D eigenvalue weighted by molar-refractivity contribution is 0.159. The second-order valence-electron chi connectivity index (χ2n) is 3.26. The molecule has 1 N–H and O–H groups in total. The Balaban J connectivity index is 2.47. The Bertz CT molecular complexity index is 129. The van der Waals surface area contributed by atoms with Crippen molar-refractivity contribution >= 4 is 0 Å². The molecule has 0 spiro atoms. The van der Waals surface area contributed by atoms with E-state index in [1.165, 1.54) is 0 Å². The van der Waals surface area contributed by atoms with Gasteiger partial charge < -0.3 is 5.11 Å². The number of aliphatic hydroxyl groups is 1. The minimum atomic E-state index is -0.159. The highest BCUT2D eigenvalue weighted by molar-refractivity contribution is 5.11. The zero-order chi connectivity index (χ0) is 7.07. The third-order valence-corrected chi connectivity index (χ3v) is 2.40. The molecule has 9 heavy (non-hydrogen) atoms. The van der Waals surface area contributed by atoms with Crippen molar-refractivity contribution in [2.75, 3.05) is 0 Å². The van der Waals surface area contributed by atoms with Gasteiger partial charge in [-0.3, -0.25) is 0 Å². The van der Waals surface area contributed by atoms with Crippen molar-refractivity contribution in [2.24, 2.45) is 11.3 Å². The number of rotatable bonds is 2. The zero-order valence-electron chi connectivity index (χ0n) is 6.09. The molecule has 0 bridgehead atoms. The van der Waals surface area contributed by atoms with Crippen LogP contribution in [0.4, 0.5) is 0 Å². The molecule has 1 nitrogen and oxygen atoms in total. The average molecular weight is 126 g/mol. The lowest BCUT2D eigenvalue weighted by Crippen LogP contribution is -2.07. The Morgan fingerprint density at radius 2 is 2.44 bits per heavy atom. The summed E-state index contributed by atoms with van der Waals surface area (Å²) in [4.78, 5) is 0. The summed E-state index contributed by atoms with van der Waals surface area (Å²) in [6.07, 6.45) is 2.89. The Morgan fingerprint density at radius 3 is 2.56 bits per heavy atom. The molecule has 0 saturated heterocycles. The third kappa shape index (κ3) is 1.01. The van der Waals surface area contributed by atoms with Crippen LogP contribution >= 0.6 is 0 Å². The van der Waals surface area contributed by atoms with Crippen molar-refractivity contribution in [1.82, 2.24) is 0 Å². The minimum absolute atomic E-state index is 0.159. The first kappa shape index (κ1) is 6.81. The number of allylic oxidation sites excluding steroid dienone is 1. The third-order valence-electron chi connectivity index (χ3n) is 2.40. The lowest BCUT2D eigenvalue weighted by Gasteiger charge is -2.05. The molecule has 0 aromatic heterocycles. The molecule has 0 heterocycles. The molecule has 1 aliphatic carbocycles. The molecule has 3 atom stereocenters. The first-order valence-electron chi connectivity index (χ1n) is 3.42. The van der Waals surface area contributed by atoms with Gasteiger partial charge in [-0.2, -0.15) is 0 Å². The van der Waals surface area contributed by atoms with Gasteiger partial charge in [-0.05, 0) is 24.7 Å².